The van der Waals surface area contributed by atoms with E-state index in [9.17, 15) is 4.79 Å². The third kappa shape index (κ3) is 2.04. The normalized spacial score (nSPS) is 10.3. The van der Waals surface area contributed by atoms with Gasteiger partial charge in [-0.2, -0.15) is 4.99 Å². The van der Waals surface area contributed by atoms with Gasteiger partial charge in [0, 0.05) is 15.1 Å². The van der Waals surface area contributed by atoms with Crippen LogP contribution in [0.25, 0.3) is 10.1 Å². The number of benzene rings is 1. The van der Waals surface area contributed by atoms with E-state index in [1.807, 2.05) is 19.1 Å². The van der Waals surface area contributed by atoms with Crippen molar-refractivity contribution >= 4 is 33.3 Å². The average molecular weight is 233 g/mol. The quantitative estimate of drug-likeness (QED) is 0.580. The number of aliphatic imine (C=N–C) groups is 1. The van der Waals surface area contributed by atoms with Gasteiger partial charge in [0.05, 0.1) is 0 Å². The Bertz CT molecular complexity index is 582. The molecule has 0 fully saturated rings. The average Bonchev–Trinajstić information content (AvgIpc) is 2.55. The van der Waals surface area contributed by atoms with E-state index in [0.29, 0.717) is 5.56 Å². The van der Waals surface area contributed by atoms with Crippen molar-refractivity contribution in [3.05, 3.63) is 34.7 Å². The molecule has 0 unspecified atom stereocenters. The number of nitrogens with two attached hydrogens (primary N) is 2. The van der Waals surface area contributed by atoms with Crippen LogP contribution >= 0.6 is 11.3 Å². The van der Waals surface area contributed by atoms with Gasteiger partial charge in [0.15, 0.2) is 5.96 Å². The standard InChI is InChI=1S/C11H11N3OS/c1-6-4-7-2-3-8(5-9(7)16-6)10(15)14-11(12)13/h2-5H,1H3,(H4,12,13,14,15). The van der Waals surface area contributed by atoms with Gasteiger partial charge in [0.2, 0.25) is 0 Å². The molecule has 1 amide bonds. The number of hydrogen-bond donors (Lipinski definition) is 2. The number of aryl methyl sites for hydroxylation is 1. The third-order valence-corrected chi connectivity index (χ3v) is 3.13. The van der Waals surface area contributed by atoms with Gasteiger partial charge in [-0.25, -0.2) is 0 Å². The second-order valence-corrected chi connectivity index (χ2v) is 4.74. The molecule has 0 spiro atoms. The molecule has 0 saturated carbocycles. The molecule has 0 radical (unpaired) electrons. The van der Waals surface area contributed by atoms with E-state index in [0.717, 1.165) is 10.1 Å². The molecular weight excluding hydrogens is 222 g/mol. The van der Waals surface area contributed by atoms with Gasteiger partial charge in [0.25, 0.3) is 5.91 Å². The summed E-state index contributed by atoms with van der Waals surface area (Å²) < 4.78 is 1.06. The van der Waals surface area contributed by atoms with E-state index in [1.54, 1.807) is 17.4 Å². The molecule has 82 valence electrons. The first-order chi connectivity index (χ1) is 7.56. The largest absolute Gasteiger partial charge is 0.370 e. The molecule has 4 nitrogen and oxygen atoms in total. The maximum atomic E-state index is 11.6. The van der Waals surface area contributed by atoms with Gasteiger partial charge < -0.3 is 11.5 Å². The van der Waals surface area contributed by atoms with Crippen LogP contribution in [-0.2, 0) is 0 Å². The Morgan fingerprint density at radius 1 is 1.31 bits per heavy atom. The van der Waals surface area contributed by atoms with Crippen LogP contribution in [0.3, 0.4) is 0 Å². The molecule has 16 heavy (non-hydrogen) atoms. The van der Waals surface area contributed by atoms with Crippen LogP contribution in [0.1, 0.15) is 15.2 Å². The Balaban J connectivity index is 2.46. The molecule has 0 atom stereocenters. The lowest BCUT2D eigenvalue weighted by Crippen LogP contribution is -2.24. The van der Waals surface area contributed by atoms with Crippen molar-refractivity contribution in [3.63, 3.8) is 0 Å². The number of guanidine groups is 1. The summed E-state index contributed by atoms with van der Waals surface area (Å²) in [5.41, 5.74) is 10.8. The van der Waals surface area contributed by atoms with Crippen LogP contribution in [0.15, 0.2) is 29.3 Å². The highest BCUT2D eigenvalue weighted by atomic mass is 32.1. The molecule has 1 aromatic carbocycles. The molecular formula is C11H11N3OS. The number of hydrogen-bond acceptors (Lipinski definition) is 2. The topological polar surface area (TPSA) is 81.5 Å². The molecule has 2 aromatic rings. The van der Waals surface area contributed by atoms with Crippen LogP contribution in [-0.4, -0.2) is 11.9 Å². The van der Waals surface area contributed by atoms with Crippen molar-refractivity contribution < 1.29 is 4.79 Å². The maximum absolute atomic E-state index is 11.6. The lowest BCUT2D eigenvalue weighted by atomic mass is 10.1. The molecule has 2 rings (SSSR count). The summed E-state index contributed by atoms with van der Waals surface area (Å²) in [7, 11) is 0. The van der Waals surface area contributed by atoms with E-state index < -0.39 is 5.91 Å². The lowest BCUT2D eigenvalue weighted by Gasteiger charge is -1.96. The molecule has 0 aliphatic carbocycles. The molecule has 0 aliphatic heterocycles. The zero-order valence-corrected chi connectivity index (χ0v) is 9.54. The van der Waals surface area contributed by atoms with Crippen LogP contribution in [0.4, 0.5) is 0 Å². The Morgan fingerprint density at radius 2 is 2.06 bits per heavy atom. The predicted octanol–water partition coefficient (Wildman–Crippen LogP) is 1.62. The predicted molar refractivity (Wildman–Crippen MR) is 66.7 cm³/mol. The number of amides is 1. The molecule has 0 aliphatic rings. The molecule has 1 heterocycles. The van der Waals surface area contributed by atoms with Crippen molar-refractivity contribution in [2.75, 3.05) is 0 Å². The number of fused-ring (bicyclic) bond motifs is 1. The van der Waals surface area contributed by atoms with Crippen molar-refractivity contribution in [2.24, 2.45) is 16.5 Å². The Hall–Kier alpha value is -1.88. The lowest BCUT2D eigenvalue weighted by molar-refractivity contribution is 0.100. The Kier molecular flexibility index (Phi) is 2.62. The second-order valence-electron chi connectivity index (χ2n) is 3.45. The number of rotatable bonds is 1. The first-order valence-electron chi connectivity index (χ1n) is 4.70. The molecule has 5 heteroatoms. The summed E-state index contributed by atoms with van der Waals surface area (Å²) in [6.45, 7) is 2.03. The van der Waals surface area contributed by atoms with Gasteiger partial charge in [-0.3, -0.25) is 4.79 Å². The molecule has 0 saturated heterocycles. The van der Waals surface area contributed by atoms with Gasteiger partial charge in [-0.15, -0.1) is 11.3 Å². The van der Waals surface area contributed by atoms with Crippen LogP contribution in [0, 0.1) is 6.92 Å². The van der Waals surface area contributed by atoms with Crippen LogP contribution < -0.4 is 11.5 Å². The van der Waals surface area contributed by atoms with E-state index in [4.69, 9.17) is 11.5 Å². The Labute approximate surface area is 96.6 Å². The summed E-state index contributed by atoms with van der Waals surface area (Å²) >= 11 is 1.64. The molecule has 4 N–H and O–H groups in total. The van der Waals surface area contributed by atoms with Crippen molar-refractivity contribution in [2.45, 2.75) is 6.92 Å². The first kappa shape index (κ1) is 10.6. The fraction of sp³-hybridized carbons (Fsp3) is 0.0909. The van der Waals surface area contributed by atoms with E-state index in [-0.39, 0.29) is 5.96 Å². The second kappa shape index (κ2) is 3.94. The number of carbonyl (C=O) groups excluding carboxylic acids is 1. The highest BCUT2D eigenvalue weighted by Crippen LogP contribution is 2.26. The van der Waals surface area contributed by atoms with Crippen molar-refractivity contribution in [3.8, 4) is 0 Å². The van der Waals surface area contributed by atoms with Gasteiger partial charge >= 0.3 is 0 Å². The zero-order chi connectivity index (χ0) is 11.7. The number of thiophene rings is 1. The van der Waals surface area contributed by atoms with Gasteiger partial charge in [-0.1, -0.05) is 6.07 Å². The van der Waals surface area contributed by atoms with Crippen LogP contribution in [0.2, 0.25) is 0 Å². The summed E-state index contributed by atoms with van der Waals surface area (Å²) in [5, 5.41) is 1.13. The minimum absolute atomic E-state index is 0.215. The van der Waals surface area contributed by atoms with Gasteiger partial charge in [0.1, 0.15) is 0 Å². The number of carbonyl (C=O) groups is 1. The highest BCUT2D eigenvalue weighted by molar-refractivity contribution is 7.19. The summed E-state index contributed by atoms with van der Waals surface area (Å²) in [4.78, 5) is 16.3. The monoisotopic (exact) mass is 233 g/mol. The minimum atomic E-state index is -0.409. The fourth-order valence-corrected chi connectivity index (χ4v) is 2.44. The smallest absolute Gasteiger partial charge is 0.280 e. The van der Waals surface area contributed by atoms with Crippen molar-refractivity contribution in [1.29, 1.82) is 0 Å². The fourth-order valence-electron chi connectivity index (χ4n) is 1.48. The highest BCUT2D eigenvalue weighted by Gasteiger charge is 2.06. The zero-order valence-electron chi connectivity index (χ0n) is 8.73. The Morgan fingerprint density at radius 3 is 2.75 bits per heavy atom. The number of nitrogens with zero attached hydrogens (tertiary/aromatic N) is 1. The summed E-state index contributed by atoms with van der Waals surface area (Å²) in [6, 6.07) is 7.51. The van der Waals surface area contributed by atoms with E-state index >= 15 is 0 Å². The van der Waals surface area contributed by atoms with Gasteiger partial charge in [-0.05, 0) is 30.5 Å². The minimum Gasteiger partial charge on any atom is -0.370 e. The maximum Gasteiger partial charge on any atom is 0.280 e. The first-order valence-corrected chi connectivity index (χ1v) is 5.52. The summed E-state index contributed by atoms with van der Waals surface area (Å²) in [6.07, 6.45) is 0. The molecule has 1 aromatic heterocycles. The van der Waals surface area contributed by atoms with Crippen molar-refractivity contribution in [1.82, 2.24) is 0 Å². The van der Waals surface area contributed by atoms with E-state index in [1.165, 1.54) is 4.88 Å². The van der Waals surface area contributed by atoms with Crippen LogP contribution in [0.5, 0.6) is 0 Å². The van der Waals surface area contributed by atoms with E-state index in [2.05, 4.69) is 11.1 Å². The summed E-state index contributed by atoms with van der Waals surface area (Å²) in [5.74, 6) is -0.625. The molecule has 0 bridgehead atoms. The SMILES string of the molecule is Cc1cc2ccc(C(=O)N=C(N)N)cc2s1. The third-order valence-electron chi connectivity index (χ3n) is 2.12.